The van der Waals surface area contributed by atoms with E-state index in [-0.39, 0.29) is 0 Å². The van der Waals surface area contributed by atoms with Crippen LogP contribution in [0.4, 0.5) is 0 Å². The Hall–Kier alpha value is -1.18. The van der Waals surface area contributed by atoms with Crippen LogP contribution in [-0.4, -0.2) is 19.0 Å². The molecule has 10 heavy (non-hydrogen) atoms. The Balaban J connectivity index is 4.51. The lowest BCUT2D eigenvalue weighted by molar-refractivity contribution is -0.104. The van der Waals surface area contributed by atoms with Crippen LogP contribution >= 0.6 is 0 Å². The maximum absolute atomic E-state index is 10.3. The zero-order chi connectivity index (χ0) is 7.98. The van der Waals surface area contributed by atoms with Gasteiger partial charge in [-0.1, -0.05) is 18.7 Å². The highest BCUT2D eigenvalue weighted by Crippen LogP contribution is 1.93. The molecule has 2 heteroatoms. The standard InChI is InChI=1S/C8H11NO/c1-4-5-8(6-10)7(2)9-3/h4-6H,1H2,2-3H3/b8-5-,9-7?. The first-order chi connectivity index (χ1) is 4.76. The minimum atomic E-state index is 0.581. The molecule has 0 spiro atoms. The highest BCUT2D eigenvalue weighted by Gasteiger charge is 1.94. The Kier molecular flexibility index (Phi) is 4.12. The molecular formula is C8H11NO. The highest BCUT2D eigenvalue weighted by molar-refractivity contribution is 6.13. The summed E-state index contributed by atoms with van der Waals surface area (Å²) in [5.74, 6) is 0. The van der Waals surface area contributed by atoms with Gasteiger partial charge in [-0.25, -0.2) is 0 Å². The Morgan fingerprint density at radius 3 is 2.50 bits per heavy atom. The average Bonchev–Trinajstić information content (AvgIpc) is 1.99. The smallest absolute Gasteiger partial charge is 0.151 e. The molecule has 0 saturated heterocycles. The fraction of sp³-hybridized carbons (Fsp3) is 0.250. The van der Waals surface area contributed by atoms with E-state index in [0.717, 1.165) is 12.0 Å². The number of nitrogens with zero attached hydrogens (tertiary/aromatic N) is 1. The summed E-state index contributed by atoms with van der Waals surface area (Å²) >= 11 is 0. The second-order valence-electron chi connectivity index (χ2n) is 1.78. The normalized spacial score (nSPS) is 13.0. The van der Waals surface area contributed by atoms with E-state index in [1.165, 1.54) is 0 Å². The molecule has 0 atom stereocenters. The van der Waals surface area contributed by atoms with Crippen LogP contribution in [0.1, 0.15) is 6.92 Å². The van der Waals surface area contributed by atoms with E-state index in [0.29, 0.717) is 5.57 Å². The fourth-order valence-corrected chi connectivity index (χ4v) is 0.501. The Bertz CT molecular complexity index is 189. The summed E-state index contributed by atoms with van der Waals surface area (Å²) in [6.07, 6.45) is 3.97. The van der Waals surface area contributed by atoms with Crippen molar-refractivity contribution in [1.29, 1.82) is 0 Å². The largest absolute Gasteiger partial charge is 0.298 e. The van der Waals surface area contributed by atoms with Crippen LogP contribution in [0.25, 0.3) is 0 Å². The van der Waals surface area contributed by atoms with Crippen LogP contribution < -0.4 is 0 Å². The Morgan fingerprint density at radius 2 is 2.20 bits per heavy atom. The van der Waals surface area contributed by atoms with Crippen molar-refractivity contribution in [2.75, 3.05) is 7.05 Å². The maximum Gasteiger partial charge on any atom is 0.151 e. The first-order valence-electron chi connectivity index (χ1n) is 2.98. The number of carbonyl (C=O) groups excluding carboxylic acids is 1. The third-order valence-electron chi connectivity index (χ3n) is 1.18. The molecule has 54 valence electrons. The lowest BCUT2D eigenvalue weighted by Gasteiger charge is -1.93. The number of carbonyl (C=O) groups is 1. The van der Waals surface area contributed by atoms with Crippen LogP contribution in [0.5, 0.6) is 0 Å². The highest BCUT2D eigenvalue weighted by atomic mass is 16.1. The molecule has 0 bridgehead atoms. The van der Waals surface area contributed by atoms with Gasteiger partial charge in [-0.05, 0) is 6.92 Å². The number of aldehydes is 1. The molecule has 0 unspecified atom stereocenters. The summed E-state index contributed by atoms with van der Waals surface area (Å²) in [5.41, 5.74) is 1.31. The third-order valence-corrected chi connectivity index (χ3v) is 1.18. The molecule has 0 radical (unpaired) electrons. The first-order valence-corrected chi connectivity index (χ1v) is 2.98. The second kappa shape index (κ2) is 4.68. The van der Waals surface area contributed by atoms with Crippen molar-refractivity contribution >= 4 is 12.0 Å². The molecule has 0 aliphatic heterocycles. The second-order valence-corrected chi connectivity index (χ2v) is 1.78. The molecule has 0 rings (SSSR count). The van der Waals surface area contributed by atoms with Gasteiger partial charge in [0.05, 0.1) is 0 Å². The molecule has 0 aliphatic carbocycles. The van der Waals surface area contributed by atoms with E-state index in [1.807, 2.05) is 0 Å². The van der Waals surface area contributed by atoms with Crippen molar-refractivity contribution < 1.29 is 4.79 Å². The van der Waals surface area contributed by atoms with Crippen molar-refractivity contribution in [2.45, 2.75) is 6.92 Å². The fourth-order valence-electron chi connectivity index (χ4n) is 0.501. The summed E-state index contributed by atoms with van der Waals surface area (Å²) in [6, 6.07) is 0. The zero-order valence-corrected chi connectivity index (χ0v) is 6.29. The number of hydrogen-bond donors (Lipinski definition) is 0. The minimum absolute atomic E-state index is 0.581. The zero-order valence-electron chi connectivity index (χ0n) is 6.29. The Labute approximate surface area is 61.0 Å². The van der Waals surface area contributed by atoms with E-state index in [9.17, 15) is 4.79 Å². The topological polar surface area (TPSA) is 29.4 Å². The van der Waals surface area contributed by atoms with Gasteiger partial charge in [0.15, 0.2) is 6.29 Å². The summed E-state index contributed by atoms with van der Waals surface area (Å²) in [7, 11) is 1.65. The van der Waals surface area contributed by atoms with Crippen LogP contribution in [0.3, 0.4) is 0 Å². The van der Waals surface area contributed by atoms with Crippen LogP contribution in [0.2, 0.25) is 0 Å². The van der Waals surface area contributed by atoms with Gasteiger partial charge in [-0.15, -0.1) is 0 Å². The number of allylic oxidation sites excluding steroid dienone is 3. The van der Waals surface area contributed by atoms with E-state index < -0.39 is 0 Å². The van der Waals surface area contributed by atoms with E-state index in [2.05, 4.69) is 11.6 Å². The maximum atomic E-state index is 10.3. The monoisotopic (exact) mass is 137 g/mol. The van der Waals surface area contributed by atoms with Crippen LogP contribution in [-0.2, 0) is 4.79 Å². The van der Waals surface area contributed by atoms with Gasteiger partial charge in [-0.3, -0.25) is 9.79 Å². The molecule has 0 amide bonds. The third kappa shape index (κ3) is 2.40. The van der Waals surface area contributed by atoms with Gasteiger partial charge in [0.2, 0.25) is 0 Å². The summed E-state index contributed by atoms with van der Waals surface area (Å²) < 4.78 is 0. The molecule has 0 aliphatic rings. The van der Waals surface area contributed by atoms with Crippen molar-refractivity contribution in [1.82, 2.24) is 0 Å². The van der Waals surface area contributed by atoms with E-state index >= 15 is 0 Å². The van der Waals surface area contributed by atoms with E-state index in [4.69, 9.17) is 0 Å². The molecule has 0 fully saturated rings. The van der Waals surface area contributed by atoms with Gasteiger partial charge in [-0.2, -0.15) is 0 Å². The van der Waals surface area contributed by atoms with Gasteiger partial charge in [0.25, 0.3) is 0 Å². The predicted molar refractivity (Wildman–Crippen MR) is 43.4 cm³/mol. The summed E-state index contributed by atoms with van der Waals surface area (Å²) in [5, 5.41) is 0. The molecule has 0 aromatic heterocycles. The summed E-state index contributed by atoms with van der Waals surface area (Å²) in [4.78, 5) is 14.1. The van der Waals surface area contributed by atoms with Crippen molar-refractivity contribution in [3.8, 4) is 0 Å². The minimum Gasteiger partial charge on any atom is -0.298 e. The first kappa shape index (κ1) is 8.82. The predicted octanol–water partition coefficient (Wildman–Crippen LogP) is 1.39. The Morgan fingerprint density at radius 1 is 1.60 bits per heavy atom. The van der Waals surface area contributed by atoms with Gasteiger partial charge >= 0.3 is 0 Å². The number of hydrogen-bond acceptors (Lipinski definition) is 2. The molecular weight excluding hydrogens is 126 g/mol. The van der Waals surface area contributed by atoms with Crippen molar-refractivity contribution in [3.63, 3.8) is 0 Å². The van der Waals surface area contributed by atoms with Gasteiger partial charge in [0.1, 0.15) is 0 Å². The molecule has 0 aromatic carbocycles. The molecule has 0 N–H and O–H groups in total. The van der Waals surface area contributed by atoms with Gasteiger partial charge < -0.3 is 0 Å². The van der Waals surface area contributed by atoms with E-state index in [1.54, 1.807) is 26.1 Å². The molecule has 2 nitrogen and oxygen atoms in total. The van der Waals surface area contributed by atoms with Gasteiger partial charge in [0, 0.05) is 18.3 Å². The van der Waals surface area contributed by atoms with Crippen LogP contribution in [0.15, 0.2) is 29.3 Å². The molecule has 0 aromatic rings. The molecule has 0 heterocycles. The van der Waals surface area contributed by atoms with Crippen molar-refractivity contribution in [3.05, 3.63) is 24.3 Å². The number of aliphatic imine (C=N–C) groups is 1. The van der Waals surface area contributed by atoms with Crippen molar-refractivity contribution in [2.24, 2.45) is 4.99 Å². The lowest BCUT2D eigenvalue weighted by atomic mass is 10.2. The lowest BCUT2D eigenvalue weighted by Crippen LogP contribution is -1.97. The average molecular weight is 137 g/mol. The quantitative estimate of drug-likeness (QED) is 0.250. The van der Waals surface area contributed by atoms with Crippen LogP contribution in [0, 0.1) is 0 Å². The summed E-state index contributed by atoms with van der Waals surface area (Å²) in [6.45, 7) is 5.26. The number of rotatable bonds is 3. The SMILES string of the molecule is C=C/C=C(/C=O)C(C)=NC. The molecule has 0 saturated carbocycles.